The number of aryl methyl sites for hydroxylation is 1. The van der Waals surface area contributed by atoms with E-state index in [1.54, 1.807) is 11.3 Å². The first-order valence-electron chi connectivity index (χ1n) is 8.32. The van der Waals surface area contributed by atoms with Gasteiger partial charge in [-0.25, -0.2) is 4.98 Å². The molecule has 5 nitrogen and oxygen atoms in total. The highest BCUT2D eigenvalue weighted by Gasteiger charge is 2.27. The molecule has 1 aliphatic rings. The van der Waals surface area contributed by atoms with Gasteiger partial charge in [0.2, 0.25) is 5.91 Å². The van der Waals surface area contributed by atoms with Gasteiger partial charge in [-0.3, -0.25) is 4.79 Å². The molecule has 0 radical (unpaired) electrons. The number of thiazole rings is 1. The lowest BCUT2D eigenvalue weighted by Gasteiger charge is -2.11. The summed E-state index contributed by atoms with van der Waals surface area (Å²) in [5, 5.41) is 15.3. The van der Waals surface area contributed by atoms with Crippen LogP contribution in [0.15, 0.2) is 29.8 Å². The van der Waals surface area contributed by atoms with E-state index in [1.165, 1.54) is 4.88 Å². The number of amides is 1. The van der Waals surface area contributed by atoms with Crippen LogP contribution in [0.5, 0.6) is 0 Å². The highest BCUT2D eigenvalue weighted by atomic mass is 32.1. The Bertz CT molecular complexity index is 655. The second-order valence-electron chi connectivity index (χ2n) is 5.53. The molecular weight excluding hydrogens is 322 g/mol. The topological polar surface area (TPSA) is 74.2 Å². The molecule has 0 bridgehead atoms. The number of benzene rings is 1. The van der Waals surface area contributed by atoms with Gasteiger partial charge in [0.1, 0.15) is 0 Å². The molecule has 2 aromatic rings. The van der Waals surface area contributed by atoms with Gasteiger partial charge in [0, 0.05) is 13.1 Å². The molecule has 130 valence electrons. The van der Waals surface area contributed by atoms with Gasteiger partial charge in [-0.1, -0.05) is 38.1 Å². The SMILES string of the molecule is CC.Cc1ncsc1-c1ccc(CNC(=O)C2C[C@@H](O)CN2)cc1. The van der Waals surface area contributed by atoms with E-state index < -0.39 is 6.10 Å². The number of aliphatic hydroxyl groups is 1. The summed E-state index contributed by atoms with van der Waals surface area (Å²) in [4.78, 5) is 17.4. The smallest absolute Gasteiger partial charge is 0.237 e. The number of β-amino-alcohol motifs (C(OH)–C–C–N with tert-alkyl or cyclic N) is 1. The van der Waals surface area contributed by atoms with Gasteiger partial charge in [0.15, 0.2) is 0 Å². The van der Waals surface area contributed by atoms with Gasteiger partial charge in [0.05, 0.1) is 28.2 Å². The van der Waals surface area contributed by atoms with Crippen LogP contribution < -0.4 is 10.6 Å². The Kier molecular flexibility index (Phi) is 6.90. The second-order valence-corrected chi connectivity index (χ2v) is 6.39. The van der Waals surface area contributed by atoms with Crippen LogP contribution in [0, 0.1) is 6.92 Å². The Morgan fingerprint density at radius 2 is 2.08 bits per heavy atom. The molecule has 1 saturated heterocycles. The van der Waals surface area contributed by atoms with E-state index in [0.29, 0.717) is 19.5 Å². The van der Waals surface area contributed by atoms with Crippen molar-refractivity contribution in [1.82, 2.24) is 15.6 Å². The molecule has 6 heteroatoms. The van der Waals surface area contributed by atoms with Crippen molar-refractivity contribution in [2.75, 3.05) is 6.54 Å². The molecule has 1 unspecified atom stereocenters. The van der Waals surface area contributed by atoms with Crippen molar-refractivity contribution in [2.24, 2.45) is 0 Å². The number of hydrogen-bond acceptors (Lipinski definition) is 5. The zero-order chi connectivity index (χ0) is 17.5. The molecular formula is C18H25N3O2S. The first-order valence-corrected chi connectivity index (χ1v) is 9.20. The number of nitrogens with zero attached hydrogens (tertiary/aromatic N) is 1. The lowest BCUT2D eigenvalue weighted by Crippen LogP contribution is -2.39. The van der Waals surface area contributed by atoms with Crippen molar-refractivity contribution in [3.05, 3.63) is 41.0 Å². The predicted octanol–water partition coefficient (Wildman–Crippen LogP) is 2.48. The highest BCUT2D eigenvalue weighted by molar-refractivity contribution is 7.13. The number of carbonyl (C=O) groups excluding carboxylic acids is 1. The number of aliphatic hydroxyl groups excluding tert-OH is 1. The minimum Gasteiger partial charge on any atom is -0.392 e. The summed E-state index contributed by atoms with van der Waals surface area (Å²) >= 11 is 1.63. The Labute approximate surface area is 147 Å². The van der Waals surface area contributed by atoms with E-state index in [9.17, 15) is 9.90 Å². The molecule has 1 aromatic carbocycles. The first-order chi connectivity index (χ1) is 11.6. The fraction of sp³-hybridized carbons (Fsp3) is 0.444. The minimum absolute atomic E-state index is 0.0565. The van der Waals surface area contributed by atoms with Crippen LogP contribution >= 0.6 is 11.3 Å². The number of aromatic nitrogens is 1. The molecule has 3 N–H and O–H groups in total. The van der Waals surface area contributed by atoms with Crippen molar-refractivity contribution in [3.8, 4) is 10.4 Å². The molecule has 1 aromatic heterocycles. The quantitative estimate of drug-likeness (QED) is 0.794. The van der Waals surface area contributed by atoms with Gasteiger partial charge in [-0.05, 0) is 24.5 Å². The van der Waals surface area contributed by atoms with Crippen molar-refractivity contribution < 1.29 is 9.90 Å². The normalized spacial score (nSPS) is 19.5. The third kappa shape index (κ3) is 4.63. The van der Waals surface area contributed by atoms with Gasteiger partial charge >= 0.3 is 0 Å². The van der Waals surface area contributed by atoms with E-state index in [-0.39, 0.29) is 11.9 Å². The number of carbonyl (C=O) groups is 1. The van der Waals surface area contributed by atoms with Crippen molar-refractivity contribution in [3.63, 3.8) is 0 Å². The summed E-state index contributed by atoms with van der Waals surface area (Å²) in [6, 6.07) is 7.87. The van der Waals surface area contributed by atoms with Gasteiger partial charge in [-0.15, -0.1) is 11.3 Å². The first kappa shape index (κ1) is 18.6. The lowest BCUT2D eigenvalue weighted by molar-refractivity contribution is -0.123. The fourth-order valence-electron chi connectivity index (χ4n) is 2.58. The highest BCUT2D eigenvalue weighted by Crippen LogP contribution is 2.27. The van der Waals surface area contributed by atoms with E-state index in [2.05, 4.69) is 27.8 Å². The van der Waals surface area contributed by atoms with E-state index in [0.717, 1.165) is 16.8 Å². The molecule has 0 saturated carbocycles. The Balaban J connectivity index is 0.00000100. The summed E-state index contributed by atoms with van der Waals surface area (Å²) in [5.74, 6) is -0.0565. The Morgan fingerprint density at radius 1 is 1.38 bits per heavy atom. The van der Waals surface area contributed by atoms with Crippen LogP contribution in [0.4, 0.5) is 0 Å². The summed E-state index contributed by atoms with van der Waals surface area (Å²) in [7, 11) is 0. The monoisotopic (exact) mass is 347 g/mol. The van der Waals surface area contributed by atoms with Crippen LogP contribution in [0.3, 0.4) is 0 Å². The molecule has 1 amide bonds. The maximum Gasteiger partial charge on any atom is 0.237 e. The molecule has 1 aliphatic heterocycles. The minimum atomic E-state index is -0.419. The number of nitrogens with one attached hydrogen (secondary N) is 2. The Morgan fingerprint density at radius 3 is 2.62 bits per heavy atom. The van der Waals surface area contributed by atoms with E-state index in [1.807, 2.05) is 38.4 Å². The van der Waals surface area contributed by atoms with Gasteiger partial charge in [-0.2, -0.15) is 0 Å². The summed E-state index contributed by atoms with van der Waals surface area (Å²) < 4.78 is 0. The van der Waals surface area contributed by atoms with Crippen LogP contribution in [-0.2, 0) is 11.3 Å². The molecule has 2 atom stereocenters. The van der Waals surface area contributed by atoms with E-state index >= 15 is 0 Å². The third-order valence-corrected chi connectivity index (χ3v) is 4.83. The van der Waals surface area contributed by atoms with Crippen LogP contribution in [-0.4, -0.2) is 34.7 Å². The van der Waals surface area contributed by atoms with Crippen LogP contribution in [0.2, 0.25) is 0 Å². The molecule has 1 fully saturated rings. The molecule has 0 spiro atoms. The zero-order valence-electron chi connectivity index (χ0n) is 14.4. The molecule has 2 heterocycles. The fourth-order valence-corrected chi connectivity index (χ4v) is 3.39. The predicted molar refractivity (Wildman–Crippen MR) is 97.9 cm³/mol. The van der Waals surface area contributed by atoms with Crippen molar-refractivity contribution in [1.29, 1.82) is 0 Å². The molecule has 3 rings (SSSR count). The third-order valence-electron chi connectivity index (χ3n) is 3.85. The maximum absolute atomic E-state index is 12.0. The summed E-state index contributed by atoms with van der Waals surface area (Å²) in [6.07, 6.45) is 0.0628. The summed E-state index contributed by atoms with van der Waals surface area (Å²) in [5.41, 5.74) is 5.09. The standard InChI is InChI=1S/C16H19N3O2S.C2H6/c1-10-15(22-9-19-10)12-4-2-11(3-5-12)7-18-16(21)14-6-13(20)8-17-14;1-2/h2-5,9,13-14,17,20H,6-8H2,1H3,(H,18,21);1-2H3/t13-,14?;/m1./s1. The summed E-state index contributed by atoms with van der Waals surface area (Å²) in [6.45, 7) is 6.99. The number of hydrogen-bond donors (Lipinski definition) is 3. The van der Waals surface area contributed by atoms with E-state index in [4.69, 9.17) is 0 Å². The number of rotatable bonds is 4. The van der Waals surface area contributed by atoms with Crippen LogP contribution in [0.25, 0.3) is 10.4 Å². The van der Waals surface area contributed by atoms with Gasteiger partial charge in [0.25, 0.3) is 0 Å². The molecule has 0 aliphatic carbocycles. The maximum atomic E-state index is 12.0. The second kappa shape index (κ2) is 8.92. The average molecular weight is 347 g/mol. The van der Waals surface area contributed by atoms with Gasteiger partial charge < -0.3 is 15.7 Å². The zero-order valence-corrected chi connectivity index (χ0v) is 15.2. The molecule has 24 heavy (non-hydrogen) atoms. The lowest BCUT2D eigenvalue weighted by atomic mass is 10.1. The van der Waals surface area contributed by atoms with Crippen molar-refractivity contribution >= 4 is 17.2 Å². The largest absolute Gasteiger partial charge is 0.392 e. The van der Waals surface area contributed by atoms with Crippen molar-refractivity contribution in [2.45, 2.75) is 45.9 Å². The average Bonchev–Trinajstić information content (AvgIpc) is 3.23. The van der Waals surface area contributed by atoms with Crippen LogP contribution in [0.1, 0.15) is 31.5 Å². The Hall–Kier alpha value is -1.76.